The molecule has 0 spiro atoms. The van der Waals surface area contributed by atoms with Crippen LogP contribution in [0.2, 0.25) is 0 Å². The number of fused-ring (bicyclic) bond motifs is 1. The molecule has 2 aromatic carbocycles. The molecular weight excluding hydrogens is 428 g/mol. The molecule has 0 radical (unpaired) electrons. The highest BCUT2D eigenvalue weighted by Crippen LogP contribution is 2.22. The molecule has 0 atom stereocenters. The Morgan fingerprint density at radius 2 is 1.78 bits per heavy atom. The Bertz CT molecular complexity index is 1210. The molecule has 0 unspecified atom stereocenters. The van der Waals surface area contributed by atoms with Gasteiger partial charge in [-0.25, -0.2) is 0 Å². The standard InChI is InChI=1S/C23H26N4O4S/c1-5-26(6-2)18-10-7-16(8-11-18)22(30)25-23-27(14-21(29)31-4)19-12-9-17(24-15(3)28)13-20(19)32-23/h7-13H,5-6,14H2,1-4H3,(H,24,28). The molecule has 0 fully saturated rings. The van der Waals surface area contributed by atoms with Gasteiger partial charge in [0.1, 0.15) is 6.54 Å². The van der Waals surface area contributed by atoms with E-state index in [0.29, 0.717) is 16.1 Å². The number of amides is 2. The number of thiazole rings is 1. The number of aromatic nitrogens is 1. The number of methoxy groups -OCH3 is 1. The Labute approximate surface area is 190 Å². The average molecular weight is 455 g/mol. The Hall–Kier alpha value is -3.46. The van der Waals surface area contributed by atoms with E-state index in [1.54, 1.807) is 34.9 Å². The lowest BCUT2D eigenvalue weighted by Gasteiger charge is -2.20. The van der Waals surface area contributed by atoms with E-state index in [1.807, 2.05) is 12.1 Å². The molecule has 3 rings (SSSR count). The number of esters is 1. The number of carbonyl (C=O) groups excluding carboxylic acids is 3. The van der Waals surface area contributed by atoms with Crippen molar-refractivity contribution in [2.45, 2.75) is 27.3 Å². The van der Waals surface area contributed by atoms with Gasteiger partial charge in [-0.3, -0.25) is 14.4 Å². The first kappa shape index (κ1) is 23.2. The van der Waals surface area contributed by atoms with Gasteiger partial charge in [-0.2, -0.15) is 4.99 Å². The first-order valence-corrected chi connectivity index (χ1v) is 11.1. The van der Waals surface area contributed by atoms with Crippen molar-refractivity contribution in [3.05, 3.63) is 52.8 Å². The Morgan fingerprint density at radius 3 is 2.38 bits per heavy atom. The second kappa shape index (κ2) is 10.2. The summed E-state index contributed by atoms with van der Waals surface area (Å²) in [4.78, 5) is 43.1. The third-order valence-corrected chi connectivity index (χ3v) is 6.00. The molecule has 0 saturated carbocycles. The van der Waals surface area contributed by atoms with E-state index < -0.39 is 11.9 Å². The molecule has 9 heteroatoms. The number of benzene rings is 2. The highest BCUT2D eigenvalue weighted by molar-refractivity contribution is 7.16. The molecule has 8 nitrogen and oxygen atoms in total. The predicted octanol–water partition coefficient (Wildman–Crippen LogP) is 3.42. The van der Waals surface area contributed by atoms with E-state index in [4.69, 9.17) is 4.74 Å². The van der Waals surface area contributed by atoms with Crippen molar-refractivity contribution in [2.75, 3.05) is 30.4 Å². The van der Waals surface area contributed by atoms with E-state index >= 15 is 0 Å². The lowest BCUT2D eigenvalue weighted by atomic mass is 10.2. The molecule has 32 heavy (non-hydrogen) atoms. The monoisotopic (exact) mass is 454 g/mol. The molecule has 168 valence electrons. The lowest BCUT2D eigenvalue weighted by molar-refractivity contribution is -0.141. The van der Waals surface area contributed by atoms with Gasteiger partial charge in [0, 0.05) is 37.0 Å². The van der Waals surface area contributed by atoms with Gasteiger partial charge in [0.25, 0.3) is 5.91 Å². The molecule has 1 N–H and O–H groups in total. The minimum absolute atomic E-state index is 0.0804. The summed E-state index contributed by atoms with van der Waals surface area (Å²) in [7, 11) is 1.31. The van der Waals surface area contributed by atoms with Crippen LogP contribution in [0.4, 0.5) is 11.4 Å². The van der Waals surface area contributed by atoms with Gasteiger partial charge in [0.2, 0.25) is 5.91 Å². The fraction of sp³-hybridized carbons (Fsp3) is 0.304. The Morgan fingerprint density at radius 1 is 1.09 bits per heavy atom. The number of rotatable bonds is 7. The van der Waals surface area contributed by atoms with Crippen molar-refractivity contribution in [1.29, 1.82) is 0 Å². The van der Waals surface area contributed by atoms with Crippen molar-refractivity contribution < 1.29 is 19.1 Å². The van der Waals surface area contributed by atoms with Crippen LogP contribution in [-0.2, 0) is 20.9 Å². The SMILES string of the molecule is CCN(CC)c1ccc(C(=O)N=c2sc3cc(NC(C)=O)ccc3n2CC(=O)OC)cc1. The molecular formula is C23H26N4O4S. The Kier molecular flexibility index (Phi) is 7.42. The Balaban J connectivity index is 2.02. The topological polar surface area (TPSA) is 93.0 Å². The third-order valence-electron chi connectivity index (χ3n) is 4.96. The van der Waals surface area contributed by atoms with Gasteiger partial charge in [-0.05, 0) is 56.3 Å². The number of nitrogens with one attached hydrogen (secondary N) is 1. The van der Waals surface area contributed by atoms with Crippen LogP contribution in [0.3, 0.4) is 0 Å². The average Bonchev–Trinajstić information content (AvgIpc) is 3.10. The molecule has 2 amide bonds. The van der Waals surface area contributed by atoms with E-state index in [1.165, 1.54) is 25.4 Å². The van der Waals surface area contributed by atoms with Gasteiger partial charge < -0.3 is 19.5 Å². The molecule has 3 aromatic rings. The number of anilines is 2. The highest BCUT2D eigenvalue weighted by Gasteiger charge is 2.14. The molecule has 0 bridgehead atoms. The van der Waals surface area contributed by atoms with Crippen LogP contribution in [0.25, 0.3) is 10.2 Å². The van der Waals surface area contributed by atoms with E-state index in [0.717, 1.165) is 29.0 Å². The summed E-state index contributed by atoms with van der Waals surface area (Å²) in [5.41, 5.74) is 2.85. The molecule has 0 aliphatic carbocycles. The molecule has 0 saturated heterocycles. The molecule has 0 aliphatic heterocycles. The van der Waals surface area contributed by atoms with Crippen molar-refractivity contribution in [1.82, 2.24) is 4.57 Å². The summed E-state index contributed by atoms with van der Waals surface area (Å²) in [6.07, 6.45) is 0. The van der Waals surface area contributed by atoms with Gasteiger partial charge >= 0.3 is 5.97 Å². The van der Waals surface area contributed by atoms with E-state index in [9.17, 15) is 14.4 Å². The molecule has 1 heterocycles. The number of hydrogen-bond acceptors (Lipinski definition) is 6. The zero-order chi connectivity index (χ0) is 23.3. The predicted molar refractivity (Wildman–Crippen MR) is 126 cm³/mol. The highest BCUT2D eigenvalue weighted by atomic mass is 32.1. The van der Waals surface area contributed by atoms with Gasteiger partial charge in [0.05, 0.1) is 17.3 Å². The minimum Gasteiger partial charge on any atom is -0.468 e. The van der Waals surface area contributed by atoms with E-state index in [2.05, 4.69) is 29.1 Å². The number of hydrogen-bond donors (Lipinski definition) is 1. The smallest absolute Gasteiger partial charge is 0.325 e. The summed E-state index contributed by atoms with van der Waals surface area (Å²) in [5.74, 6) is -1.03. The van der Waals surface area contributed by atoms with Crippen LogP contribution in [0.1, 0.15) is 31.1 Å². The summed E-state index contributed by atoms with van der Waals surface area (Å²) in [6, 6.07) is 12.6. The van der Waals surface area contributed by atoms with Crippen LogP contribution in [0.15, 0.2) is 47.5 Å². The minimum atomic E-state index is -0.451. The first-order valence-electron chi connectivity index (χ1n) is 10.3. The summed E-state index contributed by atoms with van der Waals surface area (Å²) >= 11 is 1.26. The van der Waals surface area contributed by atoms with Crippen LogP contribution in [0.5, 0.6) is 0 Å². The summed E-state index contributed by atoms with van der Waals surface area (Å²) in [5, 5.41) is 2.73. The quantitative estimate of drug-likeness (QED) is 0.552. The second-order valence-electron chi connectivity index (χ2n) is 7.05. The maximum absolute atomic E-state index is 12.9. The van der Waals surface area contributed by atoms with Crippen molar-refractivity contribution in [3.8, 4) is 0 Å². The van der Waals surface area contributed by atoms with Crippen LogP contribution >= 0.6 is 11.3 Å². The molecule has 0 aliphatic rings. The number of carbonyl (C=O) groups is 3. The molecule has 1 aromatic heterocycles. The largest absolute Gasteiger partial charge is 0.468 e. The van der Waals surface area contributed by atoms with Gasteiger partial charge in [-0.15, -0.1) is 0 Å². The maximum atomic E-state index is 12.9. The summed E-state index contributed by atoms with van der Waals surface area (Å²) < 4.78 is 7.23. The van der Waals surface area contributed by atoms with Crippen LogP contribution in [0, 0.1) is 0 Å². The van der Waals surface area contributed by atoms with Gasteiger partial charge in [-0.1, -0.05) is 11.3 Å². The fourth-order valence-corrected chi connectivity index (χ4v) is 4.41. The van der Waals surface area contributed by atoms with Gasteiger partial charge in [0.15, 0.2) is 4.80 Å². The maximum Gasteiger partial charge on any atom is 0.325 e. The number of ether oxygens (including phenoxy) is 1. The number of nitrogens with zero attached hydrogens (tertiary/aromatic N) is 3. The van der Waals surface area contributed by atoms with Crippen LogP contribution in [-0.4, -0.2) is 42.6 Å². The van der Waals surface area contributed by atoms with E-state index in [-0.39, 0.29) is 12.5 Å². The first-order chi connectivity index (χ1) is 15.4. The van der Waals surface area contributed by atoms with Crippen molar-refractivity contribution in [3.63, 3.8) is 0 Å². The summed E-state index contributed by atoms with van der Waals surface area (Å²) in [6.45, 7) is 7.27. The van der Waals surface area contributed by atoms with Crippen LogP contribution < -0.4 is 15.0 Å². The lowest BCUT2D eigenvalue weighted by Crippen LogP contribution is -2.22. The normalized spacial score (nSPS) is 11.4. The second-order valence-corrected chi connectivity index (χ2v) is 8.06. The zero-order valence-electron chi connectivity index (χ0n) is 18.5. The third kappa shape index (κ3) is 5.23. The zero-order valence-corrected chi connectivity index (χ0v) is 19.4. The van der Waals surface area contributed by atoms with Crippen molar-refractivity contribution in [2.24, 2.45) is 4.99 Å². The van der Waals surface area contributed by atoms with Crippen molar-refractivity contribution >= 4 is 50.7 Å². The fourth-order valence-electron chi connectivity index (χ4n) is 3.34.